The van der Waals surface area contributed by atoms with E-state index in [0.717, 1.165) is 12.8 Å². The first-order valence-electron chi connectivity index (χ1n) is 5.58. The smallest absolute Gasteiger partial charge is 0.324 e. The van der Waals surface area contributed by atoms with Crippen LogP contribution in [-0.4, -0.2) is 17.5 Å². The van der Waals surface area contributed by atoms with Gasteiger partial charge in [0, 0.05) is 6.42 Å². The van der Waals surface area contributed by atoms with Gasteiger partial charge in [0.15, 0.2) is 0 Å². The molecule has 0 aromatic heterocycles. The van der Waals surface area contributed by atoms with Crippen LogP contribution < -0.4 is 0 Å². The molecule has 1 saturated heterocycles. The van der Waals surface area contributed by atoms with Crippen molar-refractivity contribution in [2.24, 2.45) is 0 Å². The topological polar surface area (TPSA) is 26.3 Å². The van der Waals surface area contributed by atoms with Crippen molar-refractivity contribution in [2.75, 3.05) is 0 Å². The van der Waals surface area contributed by atoms with Gasteiger partial charge in [-0.2, -0.15) is 0 Å². The number of rotatable bonds is 6. The van der Waals surface area contributed by atoms with Gasteiger partial charge in [0.25, 0.3) is 0 Å². The van der Waals surface area contributed by atoms with Gasteiger partial charge in [-0.05, 0) is 12.8 Å². The number of carbonyl (C=O) groups excluding carboxylic acids is 1. The second-order valence-corrected chi connectivity index (χ2v) is 4.49. The summed E-state index contributed by atoms with van der Waals surface area (Å²) in [6.45, 7) is 2.21. The highest BCUT2D eigenvalue weighted by molar-refractivity contribution is 6.30. The van der Waals surface area contributed by atoms with Crippen LogP contribution in [0.15, 0.2) is 0 Å². The molecule has 0 aromatic carbocycles. The zero-order valence-electron chi connectivity index (χ0n) is 8.80. The van der Waals surface area contributed by atoms with Gasteiger partial charge in [-0.25, -0.2) is 0 Å². The zero-order valence-corrected chi connectivity index (χ0v) is 9.55. The third-order valence-corrected chi connectivity index (χ3v) is 2.99. The molecular weight excluding hydrogens is 200 g/mol. The molecule has 3 heteroatoms. The number of carbonyl (C=O) groups is 1. The lowest BCUT2D eigenvalue weighted by molar-refractivity contribution is -0.141. The van der Waals surface area contributed by atoms with Gasteiger partial charge >= 0.3 is 5.97 Å². The second kappa shape index (κ2) is 6.28. The lowest BCUT2D eigenvalue weighted by Gasteiger charge is -2.07. The quantitative estimate of drug-likeness (QED) is 0.389. The third-order valence-electron chi connectivity index (χ3n) is 2.64. The molecule has 0 N–H and O–H groups in total. The lowest BCUT2D eigenvalue weighted by Crippen LogP contribution is -2.06. The van der Waals surface area contributed by atoms with Gasteiger partial charge in [-0.15, -0.1) is 11.6 Å². The van der Waals surface area contributed by atoms with Crippen molar-refractivity contribution in [3.8, 4) is 0 Å². The summed E-state index contributed by atoms with van der Waals surface area (Å²) in [5, 5.41) is -0.393. The minimum Gasteiger partial charge on any atom is -0.461 e. The van der Waals surface area contributed by atoms with Crippen LogP contribution in [-0.2, 0) is 9.53 Å². The first-order chi connectivity index (χ1) is 6.74. The molecule has 0 aromatic rings. The molecule has 2 nitrogen and oxygen atoms in total. The van der Waals surface area contributed by atoms with E-state index in [1.807, 2.05) is 0 Å². The Morgan fingerprint density at radius 1 is 1.36 bits per heavy atom. The molecule has 1 fully saturated rings. The largest absolute Gasteiger partial charge is 0.461 e. The van der Waals surface area contributed by atoms with Gasteiger partial charge < -0.3 is 4.74 Å². The highest BCUT2D eigenvalue weighted by Crippen LogP contribution is 2.23. The number of halogens is 1. The van der Waals surface area contributed by atoms with Crippen LogP contribution in [0.25, 0.3) is 0 Å². The summed E-state index contributed by atoms with van der Waals surface area (Å²) >= 11 is 5.75. The first kappa shape index (κ1) is 11.8. The fourth-order valence-corrected chi connectivity index (χ4v) is 2.02. The summed E-state index contributed by atoms with van der Waals surface area (Å²) in [6, 6.07) is 0. The predicted molar refractivity (Wildman–Crippen MR) is 57.5 cm³/mol. The van der Waals surface area contributed by atoms with Crippen molar-refractivity contribution in [3.05, 3.63) is 0 Å². The summed E-state index contributed by atoms with van der Waals surface area (Å²) in [5.74, 6) is -0.231. The van der Waals surface area contributed by atoms with Crippen molar-refractivity contribution in [2.45, 2.75) is 63.4 Å². The van der Waals surface area contributed by atoms with E-state index in [1.54, 1.807) is 0 Å². The maximum atomic E-state index is 11.0. The number of hydrogen-bond acceptors (Lipinski definition) is 2. The van der Waals surface area contributed by atoms with E-state index < -0.39 is 5.38 Å². The molecule has 0 saturated carbocycles. The lowest BCUT2D eigenvalue weighted by atomic mass is 10.1. The van der Waals surface area contributed by atoms with Crippen LogP contribution in [0.4, 0.5) is 0 Å². The van der Waals surface area contributed by atoms with Crippen molar-refractivity contribution in [1.82, 2.24) is 0 Å². The Morgan fingerprint density at radius 3 is 2.64 bits per heavy atom. The van der Waals surface area contributed by atoms with Crippen LogP contribution >= 0.6 is 11.6 Å². The summed E-state index contributed by atoms with van der Waals surface area (Å²) in [7, 11) is 0. The van der Waals surface area contributed by atoms with Crippen molar-refractivity contribution in [3.63, 3.8) is 0 Å². The van der Waals surface area contributed by atoms with Gasteiger partial charge in [-0.1, -0.05) is 32.6 Å². The van der Waals surface area contributed by atoms with E-state index in [2.05, 4.69) is 6.92 Å². The van der Waals surface area contributed by atoms with Crippen molar-refractivity contribution >= 4 is 17.6 Å². The molecule has 0 spiro atoms. The van der Waals surface area contributed by atoms with Gasteiger partial charge in [0.05, 0.1) is 0 Å². The Kier molecular flexibility index (Phi) is 5.31. The number of ether oxygens (including phenoxy) is 1. The molecule has 1 heterocycles. The Labute approximate surface area is 91.0 Å². The Bertz CT molecular complexity index is 182. The van der Waals surface area contributed by atoms with Crippen LogP contribution in [0.1, 0.15) is 51.9 Å². The fraction of sp³-hybridized carbons (Fsp3) is 0.909. The molecule has 0 aliphatic carbocycles. The fourth-order valence-electron chi connectivity index (χ4n) is 1.77. The van der Waals surface area contributed by atoms with Crippen LogP contribution in [0.5, 0.6) is 0 Å². The Balaban J connectivity index is 2.00. The summed E-state index contributed by atoms with van der Waals surface area (Å²) in [5.41, 5.74) is 0. The second-order valence-electron chi connectivity index (χ2n) is 3.97. The van der Waals surface area contributed by atoms with E-state index in [4.69, 9.17) is 16.3 Å². The molecule has 0 bridgehead atoms. The number of esters is 1. The molecule has 1 rings (SSSR count). The maximum Gasteiger partial charge on any atom is 0.324 e. The van der Waals surface area contributed by atoms with E-state index in [-0.39, 0.29) is 12.1 Å². The number of alkyl halides is 1. The predicted octanol–water partition coefficient (Wildman–Crippen LogP) is 3.27. The molecule has 14 heavy (non-hydrogen) atoms. The van der Waals surface area contributed by atoms with Crippen molar-refractivity contribution < 1.29 is 9.53 Å². The normalized spacial score (nSPS) is 26.6. The minimum atomic E-state index is -0.393. The number of unbranched alkanes of at least 4 members (excludes halogenated alkanes) is 4. The molecule has 2 atom stereocenters. The van der Waals surface area contributed by atoms with E-state index >= 15 is 0 Å². The van der Waals surface area contributed by atoms with Crippen LogP contribution in [0.2, 0.25) is 0 Å². The summed E-state index contributed by atoms with van der Waals surface area (Å²) in [6.07, 6.45) is 8.04. The van der Waals surface area contributed by atoms with Gasteiger partial charge in [0.2, 0.25) is 0 Å². The molecule has 0 amide bonds. The molecule has 2 unspecified atom stereocenters. The van der Waals surface area contributed by atoms with Gasteiger partial charge in [-0.3, -0.25) is 4.79 Å². The standard InChI is InChI=1S/C11H19ClO2/c1-2-3-4-5-6-7-9-8-10(12)11(13)14-9/h9-10H,2-8H2,1H3. The van der Waals surface area contributed by atoms with Gasteiger partial charge in [0.1, 0.15) is 11.5 Å². The molecule has 82 valence electrons. The zero-order chi connectivity index (χ0) is 10.4. The Morgan fingerprint density at radius 2 is 2.07 bits per heavy atom. The number of cyclic esters (lactones) is 1. The van der Waals surface area contributed by atoms with E-state index in [1.165, 1.54) is 25.7 Å². The van der Waals surface area contributed by atoms with Crippen LogP contribution in [0.3, 0.4) is 0 Å². The monoisotopic (exact) mass is 218 g/mol. The molecule has 0 radical (unpaired) electrons. The third kappa shape index (κ3) is 3.87. The average molecular weight is 219 g/mol. The minimum absolute atomic E-state index is 0.0895. The van der Waals surface area contributed by atoms with E-state index in [0.29, 0.717) is 6.42 Å². The maximum absolute atomic E-state index is 11.0. The Hall–Kier alpha value is -0.240. The SMILES string of the molecule is CCCCCCCC1CC(Cl)C(=O)O1. The summed E-state index contributed by atoms with van der Waals surface area (Å²) < 4.78 is 5.11. The average Bonchev–Trinajstić information content (AvgIpc) is 2.46. The number of hydrogen-bond donors (Lipinski definition) is 0. The first-order valence-corrected chi connectivity index (χ1v) is 6.02. The van der Waals surface area contributed by atoms with E-state index in [9.17, 15) is 4.79 Å². The van der Waals surface area contributed by atoms with Crippen LogP contribution in [0, 0.1) is 0 Å². The van der Waals surface area contributed by atoms with Crippen molar-refractivity contribution in [1.29, 1.82) is 0 Å². The molecule has 1 aliphatic rings. The summed E-state index contributed by atoms with van der Waals surface area (Å²) in [4.78, 5) is 11.0. The highest BCUT2D eigenvalue weighted by atomic mass is 35.5. The molecule has 1 aliphatic heterocycles. The highest BCUT2D eigenvalue weighted by Gasteiger charge is 2.31. The molecular formula is C11H19ClO2.